The average molecular weight is 280 g/mol. The van der Waals surface area contributed by atoms with Crippen LogP contribution in [0, 0.1) is 3.57 Å². The minimum absolute atomic E-state index is 0.312. The highest BCUT2D eigenvalue weighted by Gasteiger charge is 1.99. The SMILES string of the molecule is CCCn1cc(I)c(=O)[nH]c1=O. The number of rotatable bonds is 2. The summed E-state index contributed by atoms with van der Waals surface area (Å²) in [6.45, 7) is 2.62. The Labute approximate surface area is 82.8 Å². The number of hydrogen-bond donors (Lipinski definition) is 1. The van der Waals surface area contributed by atoms with Crippen molar-refractivity contribution in [3.8, 4) is 0 Å². The Balaban J connectivity index is 3.24. The maximum Gasteiger partial charge on any atom is 0.328 e. The van der Waals surface area contributed by atoms with Crippen molar-refractivity contribution >= 4 is 22.6 Å². The molecule has 0 spiro atoms. The molecule has 1 N–H and O–H groups in total. The van der Waals surface area contributed by atoms with Crippen LogP contribution >= 0.6 is 22.6 Å². The molecule has 0 unspecified atom stereocenters. The van der Waals surface area contributed by atoms with E-state index in [9.17, 15) is 9.59 Å². The quantitative estimate of drug-likeness (QED) is 0.804. The van der Waals surface area contributed by atoms with E-state index in [4.69, 9.17) is 0 Å². The van der Waals surface area contributed by atoms with Gasteiger partial charge in [0.2, 0.25) is 0 Å². The van der Waals surface area contributed by atoms with Crippen LogP contribution in [0.2, 0.25) is 0 Å². The standard InChI is InChI=1S/C7H9IN2O2/c1-2-3-10-4-5(8)6(11)9-7(10)12/h4H,2-3H2,1H3,(H,9,11,12). The molecule has 66 valence electrons. The van der Waals surface area contributed by atoms with E-state index < -0.39 is 0 Å². The molecule has 5 heteroatoms. The Bertz CT molecular complexity index is 380. The van der Waals surface area contributed by atoms with Gasteiger partial charge in [0.15, 0.2) is 0 Å². The van der Waals surface area contributed by atoms with E-state index in [1.54, 1.807) is 6.20 Å². The van der Waals surface area contributed by atoms with E-state index in [0.717, 1.165) is 6.42 Å². The van der Waals surface area contributed by atoms with Crippen LogP contribution < -0.4 is 11.2 Å². The zero-order valence-electron chi connectivity index (χ0n) is 6.63. The van der Waals surface area contributed by atoms with Crippen LogP contribution in [-0.4, -0.2) is 9.55 Å². The van der Waals surface area contributed by atoms with Crippen LogP contribution in [0.5, 0.6) is 0 Å². The third-order valence-electron chi connectivity index (χ3n) is 1.43. The molecule has 0 radical (unpaired) electrons. The predicted octanol–water partition coefficient (Wildman–Crippen LogP) is 0.551. The monoisotopic (exact) mass is 280 g/mol. The van der Waals surface area contributed by atoms with Crippen molar-refractivity contribution in [1.29, 1.82) is 0 Å². The van der Waals surface area contributed by atoms with E-state index >= 15 is 0 Å². The van der Waals surface area contributed by atoms with Gasteiger partial charge in [0.1, 0.15) is 0 Å². The van der Waals surface area contributed by atoms with Crippen molar-refractivity contribution in [2.45, 2.75) is 19.9 Å². The van der Waals surface area contributed by atoms with Crippen LogP contribution in [-0.2, 0) is 6.54 Å². The lowest BCUT2D eigenvalue weighted by atomic mass is 10.5. The van der Waals surface area contributed by atoms with Crippen LogP contribution in [0.1, 0.15) is 13.3 Å². The number of aryl methyl sites for hydroxylation is 1. The molecule has 4 nitrogen and oxygen atoms in total. The molecule has 0 bridgehead atoms. The molecule has 0 aliphatic heterocycles. The molecule has 0 atom stereocenters. The van der Waals surface area contributed by atoms with Gasteiger partial charge in [0.05, 0.1) is 3.57 Å². The van der Waals surface area contributed by atoms with Gasteiger partial charge in [0.25, 0.3) is 5.56 Å². The lowest BCUT2D eigenvalue weighted by Gasteiger charge is -2.01. The fourth-order valence-corrected chi connectivity index (χ4v) is 1.36. The molecule has 0 aliphatic carbocycles. The first kappa shape index (κ1) is 9.50. The molecule has 0 saturated carbocycles. The van der Waals surface area contributed by atoms with E-state index in [-0.39, 0.29) is 11.2 Å². The van der Waals surface area contributed by atoms with Crippen LogP contribution in [0.3, 0.4) is 0 Å². The van der Waals surface area contributed by atoms with Gasteiger partial charge in [-0.3, -0.25) is 14.3 Å². The van der Waals surface area contributed by atoms with Crippen molar-refractivity contribution in [2.75, 3.05) is 0 Å². The molecule has 1 aromatic heterocycles. The number of H-pyrrole nitrogens is 1. The second kappa shape index (κ2) is 3.88. The van der Waals surface area contributed by atoms with Crippen LogP contribution in [0.25, 0.3) is 0 Å². The molecular formula is C7H9IN2O2. The maximum atomic E-state index is 11.1. The number of aromatic nitrogens is 2. The smallest absolute Gasteiger partial charge is 0.300 e. The van der Waals surface area contributed by atoms with Gasteiger partial charge >= 0.3 is 5.69 Å². The number of aromatic amines is 1. The van der Waals surface area contributed by atoms with Crippen molar-refractivity contribution in [2.24, 2.45) is 0 Å². The highest BCUT2D eigenvalue weighted by molar-refractivity contribution is 14.1. The molecule has 0 aromatic carbocycles. The molecule has 0 fully saturated rings. The third-order valence-corrected chi connectivity index (χ3v) is 2.20. The summed E-state index contributed by atoms with van der Waals surface area (Å²) in [6.07, 6.45) is 2.45. The largest absolute Gasteiger partial charge is 0.328 e. The van der Waals surface area contributed by atoms with Gasteiger partial charge in [-0.1, -0.05) is 6.92 Å². The summed E-state index contributed by atoms with van der Waals surface area (Å²) < 4.78 is 2.05. The summed E-state index contributed by atoms with van der Waals surface area (Å²) in [5.41, 5.74) is -0.643. The summed E-state index contributed by atoms with van der Waals surface area (Å²) in [5.74, 6) is 0. The first-order chi connectivity index (χ1) is 5.65. The van der Waals surface area contributed by atoms with Crippen molar-refractivity contribution in [3.63, 3.8) is 0 Å². The Morgan fingerprint density at radius 1 is 1.58 bits per heavy atom. The minimum Gasteiger partial charge on any atom is -0.300 e. The summed E-state index contributed by atoms with van der Waals surface area (Å²) in [4.78, 5) is 24.2. The molecule has 0 amide bonds. The van der Waals surface area contributed by atoms with E-state index in [0.29, 0.717) is 10.1 Å². The topological polar surface area (TPSA) is 54.9 Å². The minimum atomic E-state index is -0.331. The Hall–Kier alpha value is -0.590. The fraction of sp³-hybridized carbons (Fsp3) is 0.429. The second-order valence-corrected chi connectivity index (χ2v) is 3.59. The molecular weight excluding hydrogens is 271 g/mol. The lowest BCUT2D eigenvalue weighted by molar-refractivity contribution is 0.629. The normalized spacial score (nSPS) is 10.2. The second-order valence-electron chi connectivity index (χ2n) is 2.43. The number of hydrogen-bond acceptors (Lipinski definition) is 2. The molecule has 1 aromatic rings. The Morgan fingerprint density at radius 3 is 2.83 bits per heavy atom. The highest BCUT2D eigenvalue weighted by Crippen LogP contribution is 1.93. The van der Waals surface area contributed by atoms with Crippen LogP contribution in [0.15, 0.2) is 15.8 Å². The van der Waals surface area contributed by atoms with E-state index in [1.165, 1.54) is 4.57 Å². The van der Waals surface area contributed by atoms with Gasteiger partial charge in [0, 0.05) is 12.7 Å². The maximum absolute atomic E-state index is 11.1. The van der Waals surface area contributed by atoms with Gasteiger partial charge in [-0.15, -0.1) is 0 Å². The fourth-order valence-electron chi connectivity index (χ4n) is 0.890. The zero-order valence-corrected chi connectivity index (χ0v) is 8.79. The van der Waals surface area contributed by atoms with Crippen LogP contribution in [0.4, 0.5) is 0 Å². The Kier molecular flexibility index (Phi) is 3.07. The first-order valence-electron chi connectivity index (χ1n) is 3.64. The van der Waals surface area contributed by atoms with Gasteiger partial charge in [-0.05, 0) is 29.0 Å². The Morgan fingerprint density at radius 2 is 2.25 bits per heavy atom. The summed E-state index contributed by atoms with van der Waals surface area (Å²) >= 11 is 1.90. The average Bonchev–Trinajstić information content (AvgIpc) is 2.01. The predicted molar refractivity (Wildman–Crippen MR) is 54.3 cm³/mol. The third kappa shape index (κ3) is 1.96. The molecule has 1 heterocycles. The van der Waals surface area contributed by atoms with Gasteiger partial charge in [-0.2, -0.15) is 0 Å². The first-order valence-corrected chi connectivity index (χ1v) is 4.72. The lowest BCUT2D eigenvalue weighted by Crippen LogP contribution is -2.30. The number of halogens is 1. The van der Waals surface area contributed by atoms with Crippen molar-refractivity contribution in [3.05, 3.63) is 30.6 Å². The van der Waals surface area contributed by atoms with Gasteiger partial charge in [-0.25, -0.2) is 4.79 Å². The van der Waals surface area contributed by atoms with E-state index in [1.807, 2.05) is 29.5 Å². The summed E-state index contributed by atoms with van der Waals surface area (Å²) in [6, 6.07) is 0. The summed E-state index contributed by atoms with van der Waals surface area (Å²) in [7, 11) is 0. The molecule has 1 rings (SSSR count). The van der Waals surface area contributed by atoms with Gasteiger partial charge < -0.3 is 0 Å². The van der Waals surface area contributed by atoms with Crippen molar-refractivity contribution < 1.29 is 0 Å². The van der Waals surface area contributed by atoms with E-state index in [2.05, 4.69) is 4.98 Å². The molecule has 0 aliphatic rings. The van der Waals surface area contributed by atoms with Crippen molar-refractivity contribution in [1.82, 2.24) is 9.55 Å². The number of nitrogens with zero attached hydrogens (tertiary/aromatic N) is 1. The highest BCUT2D eigenvalue weighted by atomic mass is 127. The summed E-state index contributed by atoms with van der Waals surface area (Å²) in [5, 5.41) is 0. The molecule has 12 heavy (non-hydrogen) atoms. The molecule has 0 saturated heterocycles. The number of nitrogens with one attached hydrogen (secondary N) is 1. The zero-order chi connectivity index (χ0) is 9.14.